The molecule has 9 heavy (non-hydrogen) atoms. The first kappa shape index (κ1) is 7.03. The van der Waals surface area contributed by atoms with Crippen LogP contribution < -0.4 is 0 Å². The van der Waals surface area contributed by atoms with Crippen LogP contribution in [-0.2, 0) is 0 Å². The molecule has 1 N–H and O–H groups in total. The second kappa shape index (κ2) is 2.67. The van der Waals surface area contributed by atoms with E-state index in [4.69, 9.17) is 5.11 Å². The van der Waals surface area contributed by atoms with E-state index in [0.717, 1.165) is 18.5 Å². The molecule has 54 valence electrons. The van der Waals surface area contributed by atoms with E-state index in [2.05, 4.69) is 18.7 Å². The molecule has 2 nitrogen and oxygen atoms in total. The van der Waals surface area contributed by atoms with Crippen molar-refractivity contribution in [2.45, 2.75) is 19.9 Å². The van der Waals surface area contributed by atoms with E-state index in [1.165, 1.54) is 6.54 Å². The van der Waals surface area contributed by atoms with Crippen molar-refractivity contribution in [1.29, 1.82) is 0 Å². The van der Waals surface area contributed by atoms with Crippen LogP contribution in [0.15, 0.2) is 0 Å². The summed E-state index contributed by atoms with van der Waals surface area (Å²) in [5, 5.41) is 8.53. The third kappa shape index (κ3) is 1.66. The van der Waals surface area contributed by atoms with Crippen LogP contribution in [-0.4, -0.2) is 35.7 Å². The fraction of sp³-hybridized carbons (Fsp3) is 1.00. The Hall–Kier alpha value is -0.0800. The van der Waals surface area contributed by atoms with Gasteiger partial charge in [0.2, 0.25) is 0 Å². The van der Waals surface area contributed by atoms with Crippen molar-refractivity contribution >= 4 is 0 Å². The molecular weight excluding hydrogens is 114 g/mol. The molecule has 1 unspecified atom stereocenters. The Balaban J connectivity index is 2.09. The van der Waals surface area contributed by atoms with Crippen LogP contribution >= 0.6 is 0 Å². The number of rotatable bonds is 3. The second-order valence-corrected chi connectivity index (χ2v) is 3.03. The molecule has 1 aliphatic rings. The highest BCUT2D eigenvalue weighted by molar-refractivity contribution is 4.90. The van der Waals surface area contributed by atoms with Crippen LogP contribution in [0.5, 0.6) is 0 Å². The average molecular weight is 129 g/mol. The van der Waals surface area contributed by atoms with E-state index in [0.29, 0.717) is 6.61 Å². The first-order valence-electron chi connectivity index (χ1n) is 3.60. The molecule has 0 amide bonds. The summed E-state index contributed by atoms with van der Waals surface area (Å²) in [6.45, 7) is 6.81. The molecule has 1 fully saturated rings. The molecule has 0 spiro atoms. The minimum atomic E-state index is 0.309. The van der Waals surface area contributed by atoms with Crippen molar-refractivity contribution in [2.75, 3.05) is 19.7 Å². The molecule has 0 aromatic heterocycles. The molecule has 2 heteroatoms. The number of β-amino-alcohol motifs (C(OH)–C–C–N with tert-alkyl or cyclic N) is 1. The lowest BCUT2D eigenvalue weighted by atomic mass is 10.1. The number of hydrogen-bond acceptors (Lipinski definition) is 2. The number of hydrogen-bond donors (Lipinski definition) is 1. The first-order chi connectivity index (χ1) is 4.25. The Bertz CT molecular complexity index is 92.9. The minimum Gasteiger partial charge on any atom is -0.395 e. The van der Waals surface area contributed by atoms with Gasteiger partial charge < -0.3 is 5.11 Å². The monoisotopic (exact) mass is 129 g/mol. The largest absolute Gasteiger partial charge is 0.395 e. The zero-order valence-electron chi connectivity index (χ0n) is 6.17. The van der Waals surface area contributed by atoms with Crippen LogP contribution in [0.2, 0.25) is 0 Å². The van der Waals surface area contributed by atoms with Gasteiger partial charge in [0.1, 0.15) is 0 Å². The van der Waals surface area contributed by atoms with E-state index in [1.54, 1.807) is 0 Å². The fourth-order valence-corrected chi connectivity index (χ4v) is 1.21. The summed E-state index contributed by atoms with van der Waals surface area (Å²) in [6, 6.07) is 0.761. The van der Waals surface area contributed by atoms with Crippen molar-refractivity contribution in [1.82, 2.24) is 4.90 Å². The van der Waals surface area contributed by atoms with Crippen molar-refractivity contribution in [3.8, 4) is 0 Å². The van der Waals surface area contributed by atoms with Gasteiger partial charge in [0.05, 0.1) is 6.61 Å². The molecule has 0 aliphatic carbocycles. The van der Waals surface area contributed by atoms with Gasteiger partial charge in [-0.05, 0) is 5.92 Å². The Morgan fingerprint density at radius 1 is 1.67 bits per heavy atom. The van der Waals surface area contributed by atoms with Crippen LogP contribution in [0.4, 0.5) is 0 Å². The lowest BCUT2D eigenvalue weighted by molar-refractivity contribution is 0.260. The fourth-order valence-electron chi connectivity index (χ4n) is 1.21. The third-order valence-corrected chi connectivity index (χ3v) is 1.91. The van der Waals surface area contributed by atoms with Gasteiger partial charge in [-0.25, -0.2) is 0 Å². The molecule has 0 radical (unpaired) electrons. The number of aliphatic hydroxyl groups excluding tert-OH is 1. The zero-order chi connectivity index (χ0) is 6.85. The average Bonchev–Trinajstić information content (AvgIpc) is 2.47. The summed E-state index contributed by atoms with van der Waals surface area (Å²) in [4.78, 5) is 2.30. The molecule has 1 rings (SSSR count). The van der Waals surface area contributed by atoms with Crippen molar-refractivity contribution in [3.05, 3.63) is 0 Å². The molecule has 1 saturated heterocycles. The predicted molar refractivity (Wildman–Crippen MR) is 37.3 cm³/mol. The van der Waals surface area contributed by atoms with E-state index < -0.39 is 0 Å². The summed E-state index contributed by atoms with van der Waals surface area (Å²) in [7, 11) is 0. The number of nitrogens with zero attached hydrogens (tertiary/aromatic N) is 1. The quantitative estimate of drug-likeness (QED) is 0.555. The van der Waals surface area contributed by atoms with E-state index in [1.807, 2.05) is 0 Å². The molecule has 0 aromatic carbocycles. The van der Waals surface area contributed by atoms with Crippen molar-refractivity contribution in [2.24, 2.45) is 5.92 Å². The van der Waals surface area contributed by atoms with Gasteiger partial charge in [-0.15, -0.1) is 0 Å². The lowest BCUT2D eigenvalue weighted by Crippen LogP contribution is -2.11. The number of aliphatic hydroxyl groups is 1. The third-order valence-electron chi connectivity index (χ3n) is 1.91. The van der Waals surface area contributed by atoms with Gasteiger partial charge in [0, 0.05) is 19.1 Å². The predicted octanol–water partition coefficient (Wildman–Crippen LogP) is 0.319. The highest BCUT2D eigenvalue weighted by Crippen LogP contribution is 2.23. The van der Waals surface area contributed by atoms with Gasteiger partial charge in [0.15, 0.2) is 0 Å². The molecule has 1 heterocycles. The zero-order valence-corrected chi connectivity index (χ0v) is 6.17. The molecule has 0 saturated carbocycles. The van der Waals surface area contributed by atoms with Gasteiger partial charge in [-0.1, -0.05) is 13.8 Å². The second-order valence-electron chi connectivity index (χ2n) is 3.03. The summed E-state index contributed by atoms with van der Waals surface area (Å²) in [5.74, 6) is 0.761. The van der Waals surface area contributed by atoms with E-state index in [-0.39, 0.29) is 0 Å². The Morgan fingerprint density at radius 2 is 2.33 bits per heavy atom. The van der Waals surface area contributed by atoms with Gasteiger partial charge in [0.25, 0.3) is 0 Å². The Labute approximate surface area is 56.5 Å². The molecule has 0 aromatic rings. The van der Waals surface area contributed by atoms with Crippen LogP contribution in [0.3, 0.4) is 0 Å². The maximum atomic E-state index is 8.53. The van der Waals surface area contributed by atoms with Gasteiger partial charge >= 0.3 is 0 Å². The highest BCUT2D eigenvalue weighted by atomic mass is 16.3. The van der Waals surface area contributed by atoms with Gasteiger partial charge in [-0.3, -0.25) is 4.90 Å². The smallest absolute Gasteiger partial charge is 0.0558 e. The maximum Gasteiger partial charge on any atom is 0.0558 e. The first-order valence-corrected chi connectivity index (χ1v) is 3.60. The summed E-state index contributed by atoms with van der Waals surface area (Å²) in [6.07, 6.45) is 0. The van der Waals surface area contributed by atoms with E-state index in [9.17, 15) is 0 Å². The molecule has 1 aliphatic heterocycles. The normalized spacial score (nSPS) is 33.3. The highest BCUT2D eigenvalue weighted by Gasteiger charge is 2.35. The Morgan fingerprint density at radius 3 is 2.67 bits per heavy atom. The standard InChI is InChI=1S/C7H15NO/c1-6(2)7-5-8(7)3-4-9/h6-7,9H,3-5H2,1-2H3/t7-,8?/m0/s1. The van der Waals surface area contributed by atoms with Crippen LogP contribution in [0, 0.1) is 5.92 Å². The molecule has 2 atom stereocenters. The van der Waals surface area contributed by atoms with Crippen LogP contribution in [0.1, 0.15) is 13.8 Å². The van der Waals surface area contributed by atoms with Crippen molar-refractivity contribution < 1.29 is 5.11 Å². The minimum absolute atomic E-state index is 0.309. The summed E-state index contributed by atoms with van der Waals surface area (Å²) >= 11 is 0. The topological polar surface area (TPSA) is 23.2 Å². The van der Waals surface area contributed by atoms with Crippen molar-refractivity contribution in [3.63, 3.8) is 0 Å². The maximum absolute atomic E-state index is 8.53. The molecular formula is C7H15NO. The summed E-state index contributed by atoms with van der Waals surface area (Å²) < 4.78 is 0. The molecule has 0 bridgehead atoms. The Kier molecular flexibility index (Phi) is 2.09. The van der Waals surface area contributed by atoms with Gasteiger partial charge in [-0.2, -0.15) is 0 Å². The van der Waals surface area contributed by atoms with E-state index >= 15 is 0 Å². The summed E-state index contributed by atoms with van der Waals surface area (Å²) in [5.41, 5.74) is 0. The van der Waals surface area contributed by atoms with Crippen LogP contribution in [0.25, 0.3) is 0 Å². The SMILES string of the molecule is CC(C)[C@@H]1CN1CCO. The lowest BCUT2D eigenvalue weighted by Gasteiger charge is -2.02.